The minimum absolute atomic E-state index is 0.254. The Balaban J connectivity index is 2.10. The topological polar surface area (TPSA) is 54.4 Å². The molecule has 2 aromatic rings. The van der Waals surface area contributed by atoms with Gasteiger partial charge in [0.1, 0.15) is 11.5 Å². The Morgan fingerprint density at radius 2 is 2.11 bits per heavy atom. The van der Waals surface area contributed by atoms with Crippen LogP contribution in [0.3, 0.4) is 0 Å². The molecule has 4 heteroatoms. The van der Waals surface area contributed by atoms with Crippen molar-refractivity contribution in [3.8, 4) is 11.5 Å². The molecule has 0 fully saturated rings. The Kier molecular flexibility index (Phi) is 3.67. The number of benzene rings is 1. The van der Waals surface area contributed by atoms with Gasteiger partial charge in [-0.25, -0.2) is 0 Å². The van der Waals surface area contributed by atoms with E-state index in [1.54, 1.807) is 31.6 Å². The molecule has 0 unspecified atom stereocenters. The van der Waals surface area contributed by atoms with E-state index in [9.17, 15) is 5.11 Å². The van der Waals surface area contributed by atoms with Gasteiger partial charge in [-0.1, -0.05) is 0 Å². The predicted molar refractivity (Wildman–Crippen MR) is 71.0 cm³/mol. The molecule has 0 radical (unpaired) electrons. The monoisotopic (exact) mass is 244 g/mol. The third-order valence-corrected chi connectivity index (χ3v) is 2.64. The molecule has 1 aromatic heterocycles. The normalized spacial score (nSPS) is 10.1. The Hall–Kier alpha value is -2.23. The summed E-state index contributed by atoms with van der Waals surface area (Å²) in [5.74, 6) is 0.982. The van der Waals surface area contributed by atoms with Crippen LogP contribution in [-0.4, -0.2) is 17.2 Å². The van der Waals surface area contributed by atoms with Crippen LogP contribution in [0, 0.1) is 6.92 Å². The van der Waals surface area contributed by atoms with Gasteiger partial charge in [-0.3, -0.25) is 4.98 Å². The molecule has 0 spiro atoms. The van der Waals surface area contributed by atoms with Crippen LogP contribution in [0.5, 0.6) is 11.5 Å². The summed E-state index contributed by atoms with van der Waals surface area (Å²) in [6, 6.07) is 7.17. The number of nitrogens with one attached hydrogen (secondary N) is 1. The minimum Gasteiger partial charge on any atom is -0.508 e. The number of pyridine rings is 1. The van der Waals surface area contributed by atoms with E-state index in [-0.39, 0.29) is 5.75 Å². The first kappa shape index (κ1) is 12.2. The second kappa shape index (κ2) is 5.40. The van der Waals surface area contributed by atoms with Crippen LogP contribution in [-0.2, 0) is 6.54 Å². The summed E-state index contributed by atoms with van der Waals surface area (Å²) in [6.45, 7) is 2.51. The van der Waals surface area contributed by atoms with Crippen molar-refractivity contribution in [2.75, 3.05) is 12.4 Å². The number of aromatic hydroxyl groups is 1. The van der Waals surface area contributed by atoms with Crippen LogP contribution in [0.1, 0.15) is 11.1 Å². The number of anilines is 1. The summed E-state index contributed by atoms with van der Waals surface area (Å²) in [7, 11) is 1.61. The average Bonchev–Trinajstić information content (AvgIpc) is 2.38. The second-order valence-corrected chi connectivity index (χ2v) is 4.10. The van der Waals surface area contributed by atoms with E-state index in [2.05, 4.69) is 10.3 Å². The van der Waals surface area contributed by atoms with Crippen LogP contribution in [0.2, 0.25) is 0 Å². The van der Waals surface area contributed by atoms with Crippen LogP contribution in [0.15, 0.2) is 36.7 Å². The van der Waals surface area contributed by atoms with Gasteiger partial charge >= 0.3 is 0 Å². The van der Waals surface area contributed by atoms with Crippen molar-refractivity contribution in [3.05, 3.63) is 47.8 Å². The summed E-state index contributed by atoms with van der Waals surface area (Å²) in [5.41, 5.74) is 2.81. The molecular weight excluding hydrogens is 228 g/mol. The molecule has 0 bridgehead atoms. The highest BCUT2D eigenvalue weighted by molar-refractivity contribution is 5.46. The first-order valence-electron chi connectivity index (χ1n) is 5.70. The number of nitrogens with zero attached hydrogens (tertiary/aromatic N) is 1. The van der Waals surface area contributed by atoms with Crippen LogP contribution < -0.4 is 10.1 Å². The van der Waals surface area contributed by atoms with E-state index in [1.807, 2.05) is 19.1 Å². The van der Waals surface area contributed by atoms with Crippen LogP contribution in [0.25, 0.3) is 0 Å². The first-order chi connectivity index (χ1) is 8.69. The molecule has 4 nitrogen and oxygen atoms in total. The molecule has 94 valence electrons. The van der Waals surface area contributed by atoms with E-state index in [0.717, 1.165) is 22.6 Å². The lowest BCUT2D eigenvalue weighted by atomic mass is 10.2. The minimum atomic E-state index is 0.254. The standard InChI is InChI=1S/C14H16N2O2/c1-10-5-12(9-15-7-10)16-8-11-6-13(18-2)3-4-14(11)17/h3-7,9,16-17H,8H2,1-2H3. The Bertz CT molecular complexity index is 541. The van der Waals surface area contributed by atoms with Crippen molar-refractivity contribution in [2.24, 2.45) is 0 Å². The third-order valence-electron chi connectivity index (χ3n) is 2.64. The molecule has 1 aromatic carbocycles. The zero-order valence-corrected chi connectivity index (χ0v) is 10.5. The number of rotatable bonds is 4. The van der Waals surface area contributed by atoms with Crippen molar-refractivity contribution in [1.82, 2.24) is 4.98 Å². The maximum absolute atomic E-state index is 9.75. The van der Waals surface area contributed by atoms with Gasteiger partial charge < -0.3 is 15.2 Å². The van der Waals surface area contributed by atoms with Gasteiger partial charge in [0.25, 0.3) is 0 Å². The van der Waals surface area contributed by atoms with Gasteiger partial charge in [0, 0.05) is 24.5 Å². The van der Waals surface area contributed by atoms with Gasteiger partial charge in [0.15, 0.2) is 0 Å². The molecular formula is C14H16N2O2. The number of ether oxygens (including phenoxy) is 1. The lowest BCUT2D eigenvalue weighted by molar-refractivity contribution is 0.411. The van der Waals surface area contributed by atoms with Gasteiger partial charge in [-0.15, -0.1) is 0 Å². The number of aryl methyl sites for hydroxylation is 1. The SMILES string of the molecule is COc1ccc(O)c(CNc2cncc(C)c2)c1. The zero-order chi connectivity index (χ0) is 13.0. The zero-order valence-electron chi connectivity index (χ0n) is 10.5. The molecule has 0 aliphatic carbocycles. The van der Waals surface area contributed by atoms with E-state index in [0.29, 0.717) is 6.54 Å². The van der Waals surface area contributed by atoms with Gasteiger partial charge in [-0.2, -0.15) is 0 Å². The Morgan fingerprint density at radius 3 is 2.83 bits per heavy atom. The summed E-state index contributed by atoms with van der Waals surface area (Å²) in [6.07, 6.45) is 3.55. The number of phenolic OH excluding ortho intramolecular Hbond substituents is 1. The highest BCUT2D eigenvalue weighted by Crippen LogP contribution is 2.23. The number of hydrogen-bond donors (Lipinski definition) is 2. The summed E-state index contributed by atoms with van der Waals surface area (Å²) in [4.78, 5) is 4.10. The van der Waals surface area contributed by atoms with Crippen LogP contribution in [0.4, 0.5) is 5.69 Å². The van der Waals surface area contributed by atoms with Gasteiger partial charge in [0.2, 0.25) is 0 Å². The van der Waals surface area contributed by atoms with Crippen molar-refractivity contribution in [1.29, 1.82) is 0 Å². The first-order valence-corrected chi connectivity index (χ1v) is 5.70. The van der Waals surface area contributed by atoms with E-state index < -0.39 is 0 Å². The molecule has 0 aliphatic rings. The van der Waals surface area contributed by atoms with Crippen LogP contribution >= 0.6 is 0 Å². The van der Waals surface area contributed by atoms with E-state index in [1.165, 1.54) is 0 Å². The number of hydrogen-bond acceptors (Lipinski definition) is 4. The predicted octanol–water partition coefficient (Wildman–Crippen LogP) is 2.72. The fraction of sp³-hybridized carbons (Fsp3) is 0.214. The summed E-state index contributed by atoms with van der Waals surface area (Å²) in [5, 5.41) is 13.0. The third kappa shape index (κ3) is 2.91. The van der Waals surface area contributed by atoms with Crippen molar-refractivity contribution < 1.29 is 9.84 Å². The fourth-order valence-corrected chi connectivity index (χ4v) is 1.68. The molecule has 0 aliphatic heterocycles. The molecule has 0 atom stereocenters. The molecule has 2 N–H and O–H groups in total. The smallest absolute Gasteiger partial charge is 0.120 e. The highest BCUT2D eigenvalue weighted by Gasteiger charge is 2.03. The van der Waals surface area contributed by atoms with Gasteiger partial charge in [-0.05, 0) is 36.8 Å². The maximum Gasteiger partial charge on any atom is 0.120 e. The molecule has 0 amide bonds. The number of aromatic nitrogens is 1. The molecule has 1 heterocycles. The maximum atomic E-state index is 9.75. The largest absolute Gasteiger partial charge is 0.508 e. The Labute approximate surface area is 106 Å². The fourth-order valence-electron chi connectivity index (χ4n) is 1.68. The number of methoxy groups -OCH3 is 1. The van der Waals surface area contributed by atoms with Crippen molar-refractivity contribution in [2.45, 2.75) is 13.5 Å². The van der Waals surface area contributed by atoms with E-state index in [4.69, 9.17) is 4.74 Å². The molecule has 0 saturated carbocycles. The average molecular weight is 244 g/mol. The number of phenols is 1. The molecule has 18 heavy (non-hydrogen) atoms. The quantitative estimate of drug-likeness (QED) is 0.868. The highest BCUT2D eigenvalue weighted by atomic mass is 16.5. The Morgan fingerprint density at radius 1 is 1.28 bits per heavy atom. The summed E-state index contributed by atoms with van der Waals surface area (Å²) >= 11 is 0. The second-order valence-electron chi connectivity index (χ2n) is 4.10. The van der Waals surface area contributed by atoms with E-state index >= 15 is 0 Å². The van der Waals surface area contributed by atoms with Crippen molar-refractivity contribution >= 4 is 5.69 Å². The molecule has 2 rings (SSSR count). The molecule has 0 saturated heterocycles. The lowest BCUT2D eigenvalue weighted by Gasteiger charge is -2.09. The lowest BCUT2D eigenvalue weighted by Crippen LogP contribution is -2.00. The van der Waals surface area contributed by atoms with Crippen molar-refractivity contribution in [3.63, 3.8) is 0 Å². The van der Waals surface area contributed by atoms with Gasteiger partial charge in [0.05, 0.1) is 12.8 Å². The summed E-state index contributed by atoms with van der Waals surface area (Å²) < 4.78 is 5.13.